The van der Waals surface area contributed by atoms with Crippen LogP contribution in [0, 0.1) is 5.82 Å². The van der Waals surface area contributed by atoms with E-state index in [-0.39, 0.29) is 17.2 Å². The van der Waals surface area contributed by atoms with E-state index in [1.165, 1.54) is 6.07 Å². The summed E-state index contributed by atoms with van der Waals surface area (Å²) < 4.78 is 17.9. The molecule has 0 aliphatic heterocycles. The summed E-state index contributed by atoms with van der Waals surface area (Å²) in [6.45, 7) is 0. The topological polar surface area (TPSA) is 59.2 Å². The smallest absolute Gasteiger partial charge is 0.261 e. The van der Waals surface area contributed by atoms with Gasteiger partial charge in [-0.2, -0.15) is 16.7 Å². The standard InChI is InChI=1S/C10H9FN2O2S/c1-16-5-9-12-10(15-13-9)7-4-6(11)2-3-8(7)14/h2-4,14H,5H2,1H3. The number of halogens is 1. The average molecular weight is 240 g/mol. The van der Waals surface area contributed by atoms with Gasteiger partial charge in [-0.15, -0.1) is 0 Å². The van der Waals surface area contributed by atoms with E-state index in [2.05, 4.69) is 10.1 Å². The second-order valence-corrected chi connectivity index (χ2v) is 3.98. The van der Waals surface area contributed by atoms with Crippen LogP contribution in [0.3, 0.4) is 0 Å². The van der Waals surface area contributed by atoms with Gasteiger partial charge in [-0.3, -0.25) is 0 Å². The monoisotopic (exact) mass is 240 g/mol. The highest BCUT2D eigenvalue weighted by atomic mass is 32.2. The van der Waals surface area contributed by atoms with Crippen molar-refractivity contribution in [2.45, 2.75) is 5.75 Å². The normalized spacial score (nSPS) is 10.6. The second kappa shape index (κ2) is 4.52. The van der Waals surface area contributed by atoms with E-state index < -0.39 is 5.82 Å². The number of hydrogen-bond donors (Lipinski definition) is 1. The van der Waals surface area contributed by atoms with E-state index >= 15 is 0 Å². The fourth-order valence-electron chi connectivity index (χ4n) is 1.23. The van der Waals surface area contributed by atoms with Crippen LogP contribution in [0.25, 0.3) is 11.5 Å². The lowest BCUT2D eigenvalue weighted by Crippen LogP contribution is -1.84. The first kappa shape index (κ1) is 10.9. The molecule has 6 heteroatoms. The second-order valence-electron chi connectivity index (χ2n) is 3.11. The largest absolute Gasteiger partial charge is 0.507 e. The van der Waals surface area contributed by atoms with Crippen molar-refractivity contribution < 1.29 is 14.0 Å². The number of nitrogens with zero attached hydrogens (tertiary/aromatic N) is 2. The average Bonchev–Trinajstić information content (AvgIpc) is 2.71. The molecule has 0 unspecified atom stereocenters. The van der Waals surface area contributed by atoms with E-state index in [1.54, 1.807) is 11.8 Å². The minimum absolute atomic E-state index is 0.0826. The number of aromatic nitrogens is 2. The number of aromatic hydroxyl groups is 1. The van der Waals surface area contributed by atoms with E-state index in [0.717, 1.165) is 12.1 Å². The Bertz CT molecular complexity index is 501. The Morgan fingerprint density at radius 1 is 1.50 bits per heavy atom. The summed E-state index contributed by atoms with van der Waals surface area (Å²) in [6, 6.07) is 3.58. The third-order valence-corrected chi connectivity index (χ3v) is 2.48. The minimum Gasteiger partial charge on any atom is -0.507 e. The van der Waals surface area contributed by atoms with Crippen molar-refractivity contribution in [2.24, 2.45) is 0 Å². The highest BCUT2D eigenvalue weighted by Gasteiger charge is 2.13. The zero-order valence-corrected chi connectivity index (χ0v) is 9.29. The van der Waals surface area contributed by atoms with Crippen molar-refractivity contribution in [2.75, 3.05) is 6.26 Å². The predicted molar refractivity (Wildman–Crippen MR) is 58.6 cm³/mol. The van der Waals surface area contributed by atoms with E-state index in [9.17, 15) is 9.50 Å². The molecule has 84 valence electrons. The van der Waals surface area contributed by atoms with Gasteiger partial charge in [0.15, 0.2) is 5.82 Å². The Morgan fingerprint density at radius 3 is 3.06 bits per heavy atom. The maximum Gasteiger partial charge on any atom is 0.261 e. The summed E-state index contributed by atoms with van der Waals surface area (Å²) in [6.07, 6.45) is 1.91. The number of rotatable bonds is 3. The first-order chi connectivity index (χ1) is 7.70. The van der Waals surface area contributed by atoms with Crippen LogP contribution in [0.4, 0.5) is 4.39 Å². The number of phenolic OH excluding ortho intramolecular Hbond substituents is 1. The molecular formula is C10H9FN2O2S. The van der Waals surface area contributed by atoms with Crippen LogP contribution in [0.15, 0.2) is 22.7 Å². The molecule has 0 radical (unpaired) electrons. The van der Waals surface area contributed by atoms with Gasteiger partial charge >= 0.3 is 0 Å². The van der Waals surface area contributed by atoms with Crippen LogP contribution in [-0.2, 0) is 5.75 Å². The van der Waals surface area contributed by atoms with Crippen molar-refractivity contribution in [1.82, 2.24) is 10.1 Å². The van der Waals surface area contributed by atoms with Crippen LogP contribution in [0.2, 0.25) is 0 Å². The highest BCUT2D eigenvalue weighted by Crippen LogP contribution is 2.28. The zero-order chi connectivity index (χ0) is 11.5. The molecule has 1 aromatic carbocycles. The van der Waals surface area contributed by atoms with E-state index in [0.29, 0.717) is 11.6 Å². The van der Waals surface area contributed by atoms with Crippen LogP contribution < -0.4 is 0 Å². The van der Waals surface area contributed by atoms with Crippen molar-refractivity contribution in [3.8, 4) is 17.2 Å². The molecule has 4 nitrogen and oxygen atoms in total. The van der Waals surface area contributed by atoms with Gasteiger partial charge in [0.2, 0.25) is 0 Å². The van der Waals surface area contributed by atoms with Crippen molar-refractivity contribution in [3.63, 3.8) is 0 Å². The lowest BCUT2D eigenvalue weighted by molar-refractivity contribution is 0.419. The molecule has 2 rings (SSSR count). The summed E-state index contributed by atoms with van der Waals surface area (Å²) in [5.74, 6) is 0.713. The maximum absolute atomic E-state index is 13.0. The van der Waals surface area contributed by atoms with Gasteiger partial charge in [0.1, 0.15) is 11.6 Å². The molecule has 1 N–H and O–H groups in total. The molecule has 0 saturated heterocycles. The van der Waals surface area contributed by atoms with Crippen LogP contribution in [-0.4, -0.2) is 21.5 Å². The van der Waals surface area contributed by atoms with Crippen molar-refractivity contribution >= 4 is 11.8 Å². The van der Waals surface area contributed by atoms with Gasteiger partial charge < -0.3 is 9.63 Å². The summed E-state index contributed by atoms with van der Waals surface area (Å²) in [4.78, 5) is 4.05. The fraction of sp³-hybridized carbons (Fsp3) is 0.200. The van der Waals surface area contributed by atoms with Gasteiger partial charge in [0, 0.05) is 0 Å². The summed E-state index contributed by atoms with van der Waals surface area (Å²) in [5, 5.41) is 13.2. The van der Waals surface area contributed by atoms with Crippen LogP contribution in [0.1, 0.15) is 5.82 Å². The van der Waals surface area contributed by atoms with Gasteiger partial charge in [-0.1, -0.05) is 5.16 Å². The summed E-state index contributed by atoms with van der Waals surface area (Å²) >= 11 is 1.55. The SMILES string of the molecule is CSCc1noc(-c2cc(F)ccc2O)n1. The maximum atomic E-state index is 13.0. The molecule has 0 fully saturated rings. The molecule has 0 amide bonds. The Hall–Kier alpha value is -1.56. The molecular weight excluding hydrogens is 231 g/mol. The van der Waals surface area contributed by atoms with Gasteiger partial charge in [0.05, 0.1) is 11.3 Å². The quantitative estimate of drug-likeness (QED) is 0.892. The van der Waals surface area contributed by atoms with Gasteiger partial charge in [-0.05, 0) is 24.5 Å². The highest BCUT2D eigenvalue weighted by molar-refractivity contribution is 7.97. The lowest BCUT2D eigenvalue weighted by atomic mass is 10.2. The summed E-state index contributed by atoms with van der Waals surface area (Å²) in [5.41, 5.74) is 0.208. The molecule has 0 saturated carbocycles. The fourth-order valence-corrected chi connectivity index (χ4v) is 1.61. The van der Waals surface area contributed by atoms with Crippen LogP contribution in [0.5, 0.6) is 5.75 Å². The first-order valence-corrected chi connectivity index (χ1v) is 5.90. The van der Waals surface area contributed by atoms with Crippen LogP contribution >= 0.6 is 11.8 Å². The molecule has 0 aliphatic rings. The predicted octanol–water partition coefficient (Wildman–Crippen LogP) is 2.44. The molecule has 0 bridgehead atoms. The number of hydrogen-bond acceptors (Lipinski definition) is 5. The number of benzene rings is 1. The Morgan fingerprint density at radius 2 is 2.31 bits per heavy atom. The Kier molecular flexibility index (Phi) is 3.09. The Labute approximate surface area is 95.5 Å². The minimum atomic E-state index is -0.461. The summed E-state index contributed by atoms with van der Waals surface area (Å²) in [7, 11) is 0. The van der Waals surface area contributed by atoms with Crippen molar-refractivity contribution in [1.29, 1.82) is 0 Å². The molecule has 16 heavy (non-hydrogen) atoms. The molecule has 0 atom stereocenters. The molecule has 0 aliphatic carbocycles. The Balaban J connectivity index is 2.38. The molecule has 2 aromatic rings. The van der Waals surface area contributed by atoms with Crippen molar-refractivity contribution in [3.05, 3.63) is 29.8 Å². The third-order valence-electron chi connectivity index (χ3n) is 1.93. The molecule has 1 heterocycles. The van der Waals surface area contributed by atoms with Gasteiger partial charge in [0.25, 0.3) is 5.89 Å². The third kappa shape index (κ3) is 2.16. The lowest BCUT2D eigenvalue weighted by Gasteiger charge is -1.98. The zero-order valence-electron chi connectivity index (χ0n) is 8.48. The molecule has 1 aromatic heterocycles. The first-order valence-electron chi connectivity index (χ1n) is 4.51. The number of phenols is 1. The number of thioether (sulfide) groups is 1. The van der Waals surface area contributed by atoms with Gasteiger partial charge in [-0.25, -0.2) is 4.39 Å². The molecule has 0 spiro atoms. The van der Waals surface area contributed by atoms with E-state index in [1.807, 2.05) is 6.26 Å². The van der Waals surface area contributed by atoms with E-state index in [4.69, 9.17) is 4.52 Å².